The minimum atomic E-state index is -0.104. The molecular formula is C12H24N2O2. The van der Waals surface area contributed by atoms with E-state index in [4.69, 9.17) is 4.74 Å². The smallest absolute Gasteiger partial charge is 0.236 e. The molecule has 0 radical (unpaired) electrons. The summed E-state index contributed by atoms with van der Waals surface area (Å²) in [4.78, 5) is 11.6. The lowest BCUT2D eigenvalue weighted by Crippen LogP contribution is -2.46. The van der Waals surface area contributed by atoms with Gasteiger partial charge in [-0.25, -0.2) is 0 Å². The largest absolute Gasteiger partial charge is 0.381 e. The van der Waals surface area contributed by atoms with E-state index >= 15 is 0 Å². The van der Waals surface area contributed by atoms with Crippen molar-refractivity contribution in [2.45, 2.75) is 57.7 Å². The average molecular weight is 228 g/mol. The maximum atomic E-state index is 11.6. The fourth-order valence-corrected chi connectivity index (χ4v) is 2.14. The lowest BCUT2D eigenvalue weighted by molar-refractivity contribution is -0.122. The van der Waals surface area contributed by atoms with Crippen LogP contribution in [0.2, 0.25) is 0 Å². The normalized spacial score (nSPS) is 26.7. The van der Waals surface area contributed by atoms with Gasteiger partial charge in [-0.15, -0.1) is 0 Å². The van der Waals surface area contributed by atoms with Crippen molar-refractivity contribution in [2.75, 3.05) is 13.7 Å². The average Bonchev–Trinajstić information content (AvgIpc) is 2.73. The van der Waals surface area contributed by atoms with Gasteiger partial charge in [-0.2, -0.15) is 0 Å². The standard InChI is InChI=1S/C12H24N2O2/c1-4-7-13-12(15)9(2)14-10-5-6-11(8-10)16-3/h9-11,14H,4-8H2,1-3H3,(H,13,15). The minimum absolute atomic E-state index is 0.0997. The number of ether oxygens (including phenoxy) is 1. The molecule has 0 aromatic rings. The number of amides is 1. The van der Waals surface area contributed by atoms with Gasteiger partial charge in [-0.05, 0) is 32.6 Å². The van der Waals surface area contributed by atoms with E-state index in [1.165, 1.54) is 0 Å². The van der Waals surface area contributed by atoms with Crippen LogP contribution in [0.3, 0.4) is 0 Å². The van der Waals surface area contributed by atoms with E-state index < -0.39 is 0 Å². The molecule has 1 amide bonds. The van der Waals surface area contributed by atoms with Gasteiger partial charge in [0.2, 0.25) is 5.91 Å². The Bertz CT molecular complexity index is 221. The SMILES string of the molecule is CCCNC(=O)C(C)NC1CCC(OC)C1. The fourth-order valence-electron chi connectivity index (χ4n) is 2.14. The molecule has 1 aliphatic carbocycles. The van der Waals surface area contributed by atoms with E-state index in [9.17, 15) is 4.79 Å². The van der Waals surface area contributed by atoms with Crippen molar-refractivity contribution in [1.29, 1.82) is 0 Å². The summed E-state index contributed by atoms with van der Waals surface area (Å²) in [6.45, 7) is 4.74. The van der Waals surface area contributed by atoms with Crippen molar-refractivity contribution in [1.82, 2.24) is 10.6 Å². The summed E-state index contributed by atoms with van der Waals surface area (Å²) in [5.41, 5.74) is 0. The Labute approximate surface area is 98.1 Å². The zero-order valence-electron chi connectivity index (χ0n) is 10.6. The molecule has 1 aliphatic rings. The molecule has 0 aromatic carbocycles. The van der Waals surface area contributed by atoms with Crippen LogP contribution in [0.15, 0.2) is 0 Å². The van der Waals surface area contributed by atoms with E-state index in [0.717, 1.165) is 32.2 Å². The zero-order chi connectivity index (χ0) is 12.0. The predicted octanol–water partition coefficient (Wildman–Crippen LogP) is 1.06. The van der Waals surface area contributed by atoms with E-state index in [1.807, 2.05) is 6.92 Å². The second-order valence-corrected chi connectivity index (χ2v) is 4.55. The first-order chi connectivity index (χ1) is 7.67. The third-order valence-corrected chi connectivity index (χ3v) is 3.15. The highest BCUT2D eigenvalue weighted by Crippen LogP contribution is 2.21. The van der Waals surface area contributed by atoms with Crippen molar-refractivity contribution in [2.24, 2.45) is 0 Å². The Kier molecular flexibility index (Phi) is 5.77. The van der Waals surface area contributed by atoms with Gasteiger partial charge >= 0.3 is 0 Å². The van der Waals surface area contributed by atoms with Gasteiger partial charge in [-0.1, -0.05) is 6.92 Å². The summed E-state index contributed by atoms with van der Waals surface area (Å²) >= 11 is 0. The van der Waals surface area contributed by atoms with Gasteiger partial charge in [-0.3, -0.25) is 4.79 Å². The molecule has 0 spiro atoms. The number of methoxy groups -OCH3 is 1. The van der Waals surface area contributed by atoms with E-state index in [2.05, 4.69) is 17.6 Å². The molecule has 0 aliphatic heterocycles. The first-order valence-electron chi connectivity index (χ1n) is 6.24. The molecular weight excluding hydrogens is 204 g/mol. The number of rotatable bonds is 6. The maximum Gasteiger partial charge on any atom is 0.236 e. The van der Waals surface area contributed by atoms with Crippen LogP contribution >= 0.6 is 0 Å². The molecule has 3 atom stereocenters. The lowest BCUT2D eigenvalue weighted by atomic mass is 10.2. The summed E-state index contributed by atoms with van der Waals surface area (Å²) in [7, 11) is 1.75. The maximum absolute atomic E-state index is 11.6. The highest BCUT2D eigenvalue weighted by atomic mass is 16.5. The number of carbonyl (C=O) groups is 1. The van der Waals surface area contributed by atoms with Gasteiger partial charge in [0.1, 0.15) is 0 Å². The predicted molar refractivity (Wildman–Crippen MR) is 64.3 cm³/mol. The van der Waals surface area contributed by atoms with Crippen molar-refractivity contribution >= 4 is 5.91 Å². The Balaban J connectivity index is 2.23. The summed E-state index contributed by atoms with van der Waals surface area (Å²) in [6, 6.07) is 0.319. The molecule has 16 heavy (non-hydrogen) atoms. The summed E-state index contributed by atoms with van der Waals surface area (Å²) in [5.74, 6) is 0.0997. The van der Waals surface area contributed by atoms with Crippen molar-refractivity contribution < 1.29 is 9.53 Å². The fraction of sp³-hybridized carbons (Fsp3) is 0.917. The van der Waals surface area contributed by atoms with Crippen LogP contribution in [0.4, 0.5) is 0 Å². The lowest BCUT2D eigenvalue weighted by Gasteiger charge is -2.19. The van der Waals surface area contributed by atoms with Gasteiger partial charge in [0.05, 0.1) is 12.1 Å². The molecule has 3 unspecified atom stereocenters. The number of hydrogen-bond acceptors (Lipinski definition) is 3. The molecule has 0 aromatic heterocycles. The molecule has 4 nitrogen and oxygen atoms in total. The van der Waals surface area contributed by atoms with Crippen LogP contribution in [-0.2, 0) is 9.53 Å². The summed E-state index contributed by atoms with van der Waals surface area (Å²) < 4.78 is 5.31. The third-order valence-electron chi connectivity index (χ3n) is 3.15. The van der Waals surface area contributed by atoms with Crippen LogP contribution in [-0.4, -0.2) is 37.7 Å². The number of hydrogen-bond donors (Lipinski definition) is 2. The van der Waals surface area contributed by atoms with Gasteiger partial charge in [0, 0.05) is 19.7 Å². The van der Waals surface area contributed by atoms with Crippen LogP contribution < -0.4 is 10.6 Å². The Morgan fingerprint density at radius 2 is 2.25 bits per heavy atom. The molecule has 4 heteroatoms. The summed E-state index contributed by atoms with van der Waals surface area (Å²) in [6.07, 6.45) is 4.56. The van der Waals surface area contributed by atoms with Crippen molar-refractivity contribution in [3.05, 3.63) is 0 Å². The first-order valence-corrected chi connectivity index (χ1v) is 6.24. The topological polar surface area (TPSA) is 50.4 Å². The van der Waals surface area contributed by atoms with Gasteiger partial charge in [0.15, 0.2) is 0 Å². The Hall–Kier alpha value is -0.610. The van der Waals surface area contributed by atoms with Crippen LogP contribution in [0.5, 0.6) is 0 Å². The Morgan fingerprint density at radius 1 is 1.50 bits per heavy atom. The van der Waals surface area contributed by atoms with Crippen molar-refractivity contribution in [3.8, 4) is 0 Å². The number of nitrogens with one attached hydrogen (secondary N) is 2. The highest BCUT2D eigenvalue weighted by molar-refractivity contribution is 5.81. The molecule has 1 rings (SSSR count). The van der Waals surface area contributed by atoms with Crippen LogP contribution in [0.25, 0.3) is 0 Å². The van der Waals surface area contributed by atoms with E-state index in [1.54, 1.807) is 7.11 Å². The van der Waals surface area contributed by atoms with E-state index in [-0.39, 0.29) is 11.9 Å². The van der Waals surface area contributed by atoms with Crippen LogP contribution in [0, 0.1) is 0 Å². The van der Waals surface area contributed by atoms with Gasteiger partial charge < -0.3 is 15.4 Å². The molecule has 94 valence electrons. The second-order valence-electron chi connectivity index (χ2n) is 4.55. The quantitative estimate of drug-likeness (QED) is 0.714. The second kappa shape index (κ2) is 6.86. The minimum Gasteiger partial charge on any atom is -0.381 e. The third kappa shape index (κ3) is 4.10. The monoisotopic (exact) mass is 228 g/mol. The van der Waals surface area contributed by atoms with Crippen molar-refractivity contribution in [3.63, 3.8) is 0 Å². The van der Waals surface area contributed by atoms with Gasteiger partial charge in [0.25, 0.3) is 0 Å². The molecule has 0 saturated heterocycles. The summed E-state index contributed by atoms with van der Waals surface area (Å²) in [5, 5.41) is 6.26. The molecule has 0 bridgehead atoms. The molecule has 1 fully saturated rings. The molecule has 2 N–H and O–H groups in total. The first kappa shape index (κ1) is 13.5. The molecule has 0 heterocycles. The highest BCUT2D eigenvalue weighted by Gasteiger charge is 2.26. The van der Waals surface area contributed by atoms with Crippen LogP contribution in [0.1, 0.15) is 39.5 Å². The Morgan fingerprint density at radius 3 is 2.81 bits per heavy atom. The molecule has 1 saturated carbocycles. The van der Waals surface area contributed by atoms with E-state index in [0.29, 0.717) is 12.1 Å². The number of carbonyl (C=O) groups excluding carboxylic acids is 1. The zero-order valence-corrected chi connectivity index (χ0v) is 10.6.